The van der Waals surface area contributed by atoms with Crippen LogP contribution in [0.15, 0.2) is 0 Å². The molecule has 0 aromatic carbocycles. The molecule has 0 amide bonds. The molecule has 10 heavy (non-hydrogen) atoms. The van der Waals surface area contributed by atoms with Crippen molar-refractivity contribution in [3.8, 4) is 0 Å². The number of hydrogen-bond acceptors (Lipinski definition) is 1. The maximum atomic E-state index is 10.5. The van der Waals surface area contributed by atoms with Gasteiger partial charge in [0.05, 0.1) is 6.10 Å². The SMILES string of the molecule is CCCCC(C)OC(C)[O]. The minimum absolute atomic E-state index is 0.132. The molecule has 0 aliphatic heterocycles. The van der Waals surface area contributed by atoms with Crippen LogP contribution in [0.4, 0.5) is 0 Å². The summed E-state index contributed by atoms with van der Waals surface area (Å²) in [4.78, 5) is 0. The normalized spacial score (nSPS) is 16.8. The first-order valence-corrected chi connectivity index (χ1v) is 3.98. The summed E-state index contributed by atoms with van der Waals surface area (Å²) in [6.45, 7) is 5.61. The summed E-state index contributed by atoms with van der Waals surface area (Å²) in [7, 11) is 0. The predicted molar refractivity (Wildman–Crippen MR) is 40.2 cm³/mol. The van der Waals surface area contributed by atoms with Gasteiger partial charge in [-0.25, -0.2) is 5.11 Å². The second-order valence-electron chi connectivity index (χ2n) is 2.66. The van der Waals surface area contributed by atoms with Gasteiger partial charge in [-0.1, -0.05) is 19.8 Å². The van der Waals surface area contributed by atoms with Gasteiger partial charge < -0.3 is 4.74 Å². The summed E-state index contributed by atoms with van der Waals surface area (Å²) >= 11 is 0. The Bertz CT molecular complexity index is 71.7. The highest BCUT2D eigenvalue weighted by Gasteiger charge is 2.04. The fraction of sp³-hybridized carbons (Fsp3) is 1.00. The van der Waals surface area contributed by atoms with Crippen molar-refractivity contribution in [2.75, 3.05) is 0 Å². The summed E-state index contributed by atoms with van der Waals surface area (Å²) in [5.74, 6) is 0. The quantitative estimate of drug-likeness (QED) is 0.546. The Hall–Kier alpha value is -0.0800. The molecule has 0 fully saturated rings. The Labute approximate surface area is 63.2 Å². The molecule has 2 unspecified atom stereocenters. The molecular formula is C8H17O2. The van der Waals surface area contributed by atoms with E-state index in [9.17, 15) is 5.11 Å². The van der Waals surface area contributed by atoms with Gasteiger partial charge in [0, 0.05) is 0 Å². The van der Waals surface area contributed by atoms with Crippen LogP contribution in [0.2, 0.25) is 0 Å². The molecule has 0 spiro atoms. The van der Waals surface area contributed by atoms with Crippen LogP contribution in [0.3, 0.4) is 0 Å². The number of unbranched alkanes of at least 4 members (excludes halogenated alkanes) is 1. The fourth-order valence-electron chi connectivity index (χ4n) is 0.887. The summed E-state index contributed by atoms with van der Waals surface area (Å²) in [6.07, 6.45) is 2.58. The van der Waals surface area contributed by atoms with E-state index < -0.39 is 6.29 Å². The summed E-state index contributed by atoms with van der Waals surface area (Å²) in [6, 6.07) is 0. The molecule has 2 nitrogen and oxygen atoms in total. The highest BCUT2D eigenvalue weighted by Crippen LogP contribution is 2.05. The maximum absolute atomic E-state index is 10.5. The van der Waals surface area contributed by atoms with Gasteiger partial charge >= 0.3 is 0 Å². The van der Waals surface area contributed by atoms with Crippen molar-refractivity contribution in [1.82, 2.24) is 0 Å². The Morgan fingerprint density at radius 1 is 1.40 bits per heavy atom. The van der Waals surface area contributed by atoms with Crippen molar-refractivity contribution in [2.45, 2.75) is 52.4 Å². The third-order valence-corrected chi connectivity index (χ3v) is 1.39. The van der Waals surface area contributed by atoms with E-state index >= 15 is 0 Å². The van der Waals surface area contributed by atoms with Crippen LogP contribution in [-0.2, 0) is 9.84 Å². The van der Waals surface area contributed by atoms with E-state index in [-0.39, 0.29) is 6.10 Å². The van der Waals surface area contributed by atoms with Crippen molar-refractivity contribution in [2.24, 2.45) is 0 Å². The molecule has 1 radical (unpaired) electrons. The van der Waals surface area contributed by atoms with Crippen LogP contribution in [0.1, 0.15) is 40.0 Å². The largest absolute Gasteiger partial charge is 0.347 e. The van der Waals surface area contributed by atoms with E-state index in [1.165, 1.54) is 13.3 Å². The maximum Gasteiger partial charge on any atom is 0.188 e. The molecule has 0 saturated carbocycles. The zero-order valence-electron chi connectivity index (χ0n) is 7.09. The first kappa shape index (κ1) is 9.92. The molecule has 0 heterocycles. The lowest BCUT2D eigenvalue weighted by Crippen LogP contribution is -2.14. The molecule has 0 saturated heterocycles. The molecular weight excluding hydrogens is 128 g/mol. The minimum atomic E-state index is -0.869. The van der Waals surface area contributed by atoms with E-state index in [2.05, 4.69) is 6.92 Å². The minimum Gasteiger partial charge on any atom is -0.347 e. The van der Waals surface area contributed by atoms with Crippen LogP contribution in [0, 0.1) is 0 Å². The third kappa shape index (κ3) is 6.05. The van der Waals surface area contributed by atoms with Crippen molar-refractivity contribution < 1.29 is 9.84 Å². The lowest BCUT2D eigenvalue weighted by molar-refractivity contribution is -0.155. The van der Waals surface area contributed by atoms with E-state index in [1.54, 1.807) is 0 Å². The second-order valence-corrected chi connectivity index (χ2v) is 2.66. The molecule has 0 aliphatic rings. The van der Waals surface area contributed by atoms with Crippen molar-refractivity contribution in [1.29, 1.82) is 0 Å². The standard InChI is InChI=1S/C8H17O2/c1-4-5-6-7(2)10-8(3)9/h7-8H,4-6H2,1-3H3. The second kappa shape index (κ2) is 5.69. The molecule has 0 rings (SSSR count). The topological polar surface area (TPSA) is 29.1 Å². The van der Waals surface area contributed by atoms with Gasteiger partial charge in [-0.2, -0.15) is 0 Å². The van der Waals surface area contributed by atoms with E-state index in [0.717, 1.165) is 12.8 Å². The summed E-state index contributed by atoms with van der Waals surface area (Å²) < 4.78 is 5.00. The fourth-order valence-corrected chi connectivity index (χ4v) is 0.887. The van der Waals surface area contributed by atoms with Gasteiger partial charge in [0.1, 0.15) is 0 Å². The molecule has 0 aliphatic carbocycles. The smallest absolute Gasteiger partial charge is 0.188 e. The van der Waals surface area contributed by atoms with Crippen molar-refractivity contribution in [3.63, 3.8) is 0 Å². The molecule has 0 bridgehead atoms. The van der Waals surface area contributed by atoms with E-state index in [0.29, 0.717) is 0 Å². The molecule has 2 atom stereocenters. The molecule has 2 heteroatoms. The van der Waals surface area contributed by atoms with Crippen molar-refractivity contribution >= 4 is 0 Å². The van der Waals surface area contributed by atoms with Gasteiger partial charge in [-0.15, -0.1) is 0 Å². The lowest BCUT2D eigenvalue weighted by atomic mass is 10.2. The number of ether oxygens (including phenoxy) is 1. The first-order valence-electron chi connectivity index (χ1n) is 3.98. The zero-order valence-corrected chi connectivity index (χ0v) is 7.09. The van der Waals surface area contributed by atoms with Crippen molar-refractivity contribution in [3.05, 3.63) is 0 Å². The Morgan fingerprint density at radius 3 is 2.40 bits per heavy atom. The highest BCUT2D eigenvalue weighted by atomic mass is 16.6. The third-order valence-electron chi connectivity index (χ3n) is 1.39. The lowest BCUT2D eigenvalue weighted by Gasteiger charge is -2.12. The number of hydrogen-bond donors (Lipinski definition) is 0. The molecule has 61 valence electrons. The Kier molecular flexibility index (Phi) is 5.64. The Balaban J connectivity index is 3.16. The monoisotopic (exact) mass is 145 g/mol. The van der Waals surface area contributed by atoms with Crippen LogP contribution in [0.25, 0.3) is 0 Å². The van der Waals surface area contributed by atoms with Crippen LogP contribution >= 0.6 is 0 Å². The van der Waals surface area contributed by atoms with Crippen LogP contribution in [-0.4, -0.2) is 12.4 Å². The van der Waals surface area contributed by atoms with Gasteiger partial charge in [0.25, 0.3) is 0 Å². The van der Waals surface area contributed by atoms with Crippen LogP contribution in [0.5, 0.6) is 0 Å². The predicted octanol–water partition coefficient (Wildman–Crippen LogP) is 2.36. The van der Waals surface area contributed by atoms with E-state index in [1.807, 2.05) is 6.92 Å². The van der Waals surface area contributed by atoms with E-state index in [4.69, 9.17) is 4.74 Å². The van der Waals surface area contributed by atoms with Crippen LogP contribution < -0.4 is 0 Å². The van der Waals surface area contributed by atoms with Gasteiger partial charge in [-0.3, -0.25) is 0 Å². The average Bonchev–Trinajstić information content (AvgIpc) is 1.82. The molecule has 0 N–H and O–H groups in total. The Morgan fingerprint density at radius 2 is 2.00 bits per heavy atom. The van der Waals surface area contributed by atoms with Gasteiger partial charge in [0.2, 0.25) is 0 Å². The van der Waals surface area contributed by atoms with Gasteiger partial charge in [-0.05, 0) is 20.3 Å². The first-order chi connectivity index (χ1) is 4.66. The molecule has 0 aromatic rings. The zero-order chi connectivity index (χ0) is 7.98. The molecule has 0 aromatic heterocycles. The summed E-state index contributed by atoms with van der Waals surface area (Å²) in [5.41, 5.74) is 0. The average molecular weight is 145 g/mol. The highest BCUT2D eigenvalue weighted by molar-refractivity contribution is 4.49. The summed E-state index contributed by atoms with van der Waals surface area (Å²) in [5, 5.41) is 10.5. The van der Waals surface area contributed by atoms with Gasteiger partial charge in [0.15, 0.2) is 6.29 Å². The number of rotatable bonds is 5.